The molecule has 2 saturated heterocycles. The molecule has 1 aromatic carbocycles. The fraction of sp³-hybridized carbons (Fsp3) is 0.696. The Morgan fingerprint density at radius 3 is 2.52 bits per heavy atom. The van der Waals surface area contributed by atoms with Crippen molar-refractivity contribution in [3.05, 3.63) is 27.7 Å². The van der Waals surface area contributed by atoms with Crippen molar-refractivity contribution in [1.29, 1.82) is 0 Å². The van der Waals surface area contributed by atoms with E-state index in [1.165, 1.54) is 6.07 Å². The third-order valence-electron chi connectivity index (χ3n) is 6.19. The molecule has 0 saturated carbocycles. The zero-order chi connectivity index (χ0) is 24.7. The molecular formula is C23H34Cl2N2O5S. The molecule has 3 rings (SSSR count). The van der Waals surface area contributed by atoms with Crippen molar-refractivity contribution in [3.8, 4) is 5.75 Å². The molecule has 5 atom stereocenters. The van der Waals surface area contributed by atoms with E-state index in [-0.39, 0.29) is 35.1 Å². The van der Waals surface area contributed by atoms with Crippen LogP contribution in [0.5, 0.6) is 5.75 Å². The van der Waals surface area contributed by atoms with Crippen LogP contribution in [0.3, 0.4) is 0 Å². The van der Waals surface area contributed by atoms with Gasteiger partial charge in [-0.05, 0) is 58.9 Å². The second-order valence-corrected chi connectivity index (χ2v) is 13.1. The zero-order valence-corrected chi connectivity index (χ0v) is 22.3. The van der Waals surface area contributed by atoms with E-state index in [1.54, 1.807) is 19.9 Å². The Kier molecular flexibility index (Phi) is 8.21. The summed E-state index contributed by atoms with van der Waals surface area (Å²) in [6.07, 6.45) is 0.0490. The summed E-state index contributed by atoms with van der Waals surface area (Å²) in [7, 11) is 0. The van der Waals surface area contributed by atoms with Crippen LogP contribution in [-0.4, -0.2) is 56.8 Å². The summed E-state index contributed by atoms with van der Waals surface area (Å²) >= 11 is 11.0. The van der Waals surface area contributed by atoms with E-state index in [2.05, 4.69) is 11.6 Å². The Balaban J connectivity index is 1.82. The molecule has 186 valence electrons. The van der Waals surface area contributed by atoms with Gasteiger partial charge in [-0.1, -0.05) is 30.1 Å². The maximum absolute atomic E-state index is 13.0. The number of benzene rings is 1. The van der Waals surface area contributed by atoms with Gasteiger partial charge in [-0.2, -0.15) is 0 Å². The fourth-order valence-corrected chi connectivity index (χ4v) is 5.56. The summed E-state index contributed by atoms with van der Waals surface area (Å²) in [4.78, 5) is 14.8. The minimum absolute atomic E-state index is 0.000629. The summed E-state index contributed by atoms with van der Waals surface area (Å²) in [6, 6.07) is 2.61. The first-order chi connectivity index (χ1) is 15.2. The summed E-state index contributed by atoms with van der Waals surface area (Å²) < 4.78 is 27.1. The minimum Gasteiger partial charge on any atom is -0.598 e. The topological polar surface area (TPSA) is 94.1 Å². The van der Waals surface area contributed by atoms with Gasteiger partial charge in [0.1, 0.15) is 10.5 Å². The van der Waals surface area contributed by atoms with Gasteiger partial charge >= 0.3 is 0 Å². The summed E-state index contributed by atoms with van der Waals surface area (Å²) in [6.45, 7) is 12.6. The Labute approximate surface area is 209 Å². The molecule has 1 amide bonds. The van der Waals surface area contributed by atoms with Gasteiger partial charge in [-0.25, -0.2) is 0 Å². The number of phenols is 1. The second-order valence-electron chi connectivity index (χ2n) is 10.3. The number of hydrogen-bond acceptors (Lipinski definition) is 6. The van der Waals surface area contributed by atoms with Crippen LogP contribution in [0.25, 0.3) is 0 Å². The van der Waals surface area contributed by atoms with Crippen molar-refractivity contribution < 1.29 is 23.9 Å². The smallest absolute Gasteiger partial charge is 0.254 e. The highest BCUT2D eigenvalue weighted by Gasteiger charge is 2.43. The highest BCUT2D eigenvalue weighted by Crippen LogP contribution is 2.42. The molecule has 0 aromatic heterocycles. The molecule has 2 aliphatic rings. The first kappa shape index (κ1) is 26.9. The number of aromatic hydroxyl groups is 1. The van der Waals surface area contributed by atoms with Crippen molar-refractivity contribution in [3.63, 3.8) is 0 Å². The number of hydrogen-bond donors (Lipinski definition) is 2. The van der Waals surface area contributed by atoms with Crippen LogP contribution in [0.2, 0.25) is 10.0 Å². The van der Waals surface area contributed by atoms with Crippen LogP contribution >= 0.6 is 23.2 Å². The lowest BCUT2D eigenvalue weighted by Crippen LogP contribution is -2.51. The van der Waals surface area contributed by atoms with Crippen molar-refractivity contribution in [2.45, 2.75) is 70.6 Å². The average Bonchev–Trinajstić information content (AvgIpc) is 3.07. The third-order valence-corrected chi connectivity index (χ3v) is 8.49. The number of carbonyl (C=O) groups is 1. The first-order valence-corrected chi connectivity index (χ1v) is 13.1. The maximum Gasteiger partial charge on any atom is 0.254 e. The summed E-state index contributed by atoms with van der Waals surface area (Å²) in [5.41, 5.74) is 0.549. The number of amides is 1. The maximum atomic E-state index is 13.0. The van der Waals surface area contributed by atoms with Gasteiger partial charge in [0.15, 0.2) is 11.9 Å². The van der Waals surface area contributed by atoms with Crippen LogP contribution in [0, 0.1) is 11.8 Å². The molecule has 0 aliphatic carbocycles. The lowest BCUT2D eigenvalue weighted by molar-refractivity contribution is -0.162. The quantitative estimate of drug-likeness (QED) is 0.557. The molecule has 7 nitrogen and oxygen atoms in total. The molecule has 2 fully saturated rings. The highest BCUT2D eigenvalue weighted by atomic mass is 35.5. The van der Waals surface area contributed by atoms with Crippen molar-refractivity contribution in [2.75, 3.05) is 19.7 Å². The standard InChI is InChI=1S/C23H34Cl2N2O5S/c1-13-11-27(21(29)19-12-31-23(5,6)32-19)8-7-14(13)20(26-33(30)22(2,3)4)15-9-16(24)17(25)10-18(15)28/h9-10,13-14,19-20,26,28H,7-8,11-12H2,1-6H3/t13?,14?,19-,20?,33+/m1/s1. The van der Waals surface area contributed by atoms with Crippen LogP contribution in [-0.2, 0) is 25.6 Å². The molecule has 2 aliphatic heterocycles. The van der Waals surface area contributed by atoms with Gasteiger partial charge in [0, 0.05) is 36.1 Å². The Morgan fingerprint density at radius 2 is 1.97 bits per heavy atom. The third kappa shape index (κ3) is 6.28. The van der Waals surface area contributed by atoms with Crippen LogP contribution in [0.1, 0.15) is 59.6 Å². The Bertz CT molecular complexity index is 879. The number of piperidine rings is 1. The molecule has 1 aromatic rings. The number of carbonyl (C=O) groups excluding carboxylic acids is 1. The molecular weight excluding hydrogens is 487 g/mol. The fourth-order valence-electron chi connectivity index (χ4n) is 4.35. The summed E-state index contributed by atoms with van der Waals surface area (Å²) in [5, 5.41) is 11.2. The van der Waals surface area contributed by atoms with Gasteiger partial charge < -0.3 is 24.0 Å². The van der Waals surface area contributed by atoms with E-state index in [0.29, 0.717) is 30.1 Å². The SMILES string of the molecule is CC1CN(C(=O)[C@H]2COC(C)(C)O2)CCC1C(N[S@@+]([O-])C(C)(C)C)c1cc(Cl)c(Cl)cc1O. The van der Waals surface area contributed by atoms with Gasteiger partial charge in [-0.3, -0.25) is 4.79 Å². The van der Waals surface area contributed by atoms with Crippen LogP contribution in [0.15, 0.2) is 12.1 Å². The van der Waals surface area contributed by atoms with E-state index in [1.807, 2.05) is 25.7 Å². The van der Waals surface area contributed by atoms with Crippen molar-refractivity contribution in [1.82, 2.24) is 9.62 Å². The number of phenolic OH excluding ortho intramolecular Hbond substituents is 1. The largest absolute Gasteiger partial charge is 0.598 e. The molecule has 0 spiro atoms. The van der Waals surface area contributed by atoms with Crippen LogP contribution in [0.4, 0.5) is 0 Å². The first-order valence-electron chi connectivity index (χ1n) is 11.2. The lowest BCUT2D eigenvalue weighted by Gasteiger charge is -2.42. The number of likely N-dealkylation sites (tertiary alicyclic amines) is 1. The van der Waals surface area contributed by atoms with E-state index in [4.69, 9.17) is 32.7 Å². The van der Waals surface area contributed by atoms with E-state index >= 15 is 0 Å². The van der Waals surface area contributed by atoms with E-state index in [0.717, 1.165) is 0 Å². The number of rotatable bonds is 5. The number of nitrogens with zero attached hydrogens (tertiary/aromatic N) is 1. The number of nitrogens with one attached hydrogen (secondary N) is 1. The number of halogens is 2. The predicted octanol–water partition coefficient (Wildman–Crippen LogP) is 4.43. The molecule has 2 heterocycles. The van der Waals surface area contributed by atoms with Gasteiger partial charge in [0.2, 0.25) is 0 Å². The van der Waals surface area contributed by atoms with Gasteiger partial charge in [0.05, 0.1) is 22.7 Å². The zero-order valence-electron chi connectivity index (χ0n) is 20.0. The van der Waals surface area contributed by atoms with E-state index < -0.39 is 34.0 Å². The molecule has 2 N–H and O–H groups in total. The highest BCUT2D eigenvalue weighted by molar-refractivity contribution is 7.90. The van der Waals surface area contributed by atoms with Crippen molar-refractivity contribution in [2.24, 2.45) is 11.8 Å². The average molecular weight is 522 g/mol. The lowest BCUT2D eigenvalue weighted by atomic mass is 9.78. The molecule has 0 bridgehead atoms. The minimum atomic E-state index is -1.39. The number of ether oxygens (including phenoxy) is 2. The second kappa shape index (κ2) is 10.1. The van der Waals surface area contributed by atoms with Gasteiger partial charge in [0.25, 0.3) is 5.91 Å². The Morgan fingerprint density at radius 1 is 1.33 bits per heavy atom. The summed E-state index contributed by atoms with van der Waals surface area (Å²) in [5.74, 6) is -0.785. The molecule has 10 heteroatoms. The van der Waals surface area contributed by atoms with Gasteiger partial charge in [-0.15, -0.1) is 4.72 Å². The molecule has 33 heavy (non-hydrogen) atoms. The predicted molar refractivity (Wildman–Crippen MR) is 131 cm³/mol. The van der Waals surface area contributed by atoms with Crippen LogP contribution < -0.4 is 4.72 Å². The normalized spacial score (nSPS) is 27.4. The Hall–Kier alpha value is -0.740. The molecule has 3 unspecified atom stereocenters. The van der Waals surface area contributed by atoms with E-state index in [9.17, 15) is 14.5 Å². The van der Waals surface area contributed by atoms with Crippen molar-refractivity contribution >= 4 is 40.5 Å². The molecule has 0 radical (unpaired) electrons. The monoisotopic (exact) mass is 520 g/mol.